The van der Waals surface area contributed by atoms with Crippen molar-refractivity contribution >= 4 is 11.6 Å². The monoisotopic (exact) mass is 392 g/mol. The van der Waals surface area contributed by atoms with Gasteiger partial charge in [0.25, 0.3) is 0 Å². The number of hydrogen-bond acceptors (Lipinski definition) is 3. The maximum Gasteiger partial charge on any atom is 0.200 e. The van der Waals surface area contributed by atoms with E-state index < -0.39 is 40.8 Å². The molecule has 0 unspecified atom stereocenters. The lowest BCUT2D eigenvalue weighted by Gasteiger charge is -2.25. The van der Waals surface area contributed by atoms with Crippen LogP contribution in [0.25, 0.3) is 0 Å². The SMILES string of the molecule is CN1CCC[C@H]1c1cnc(Cl)cc1[C@H](O)c1c(F)c(F)c(F)c(F)c1F. The number of aromatic nitrogens is 1. The van der Waals surface area contributed by atoms with Gasteiger partial charge in [-0.3, -0.25) is 4.90 Å². The molecule has 0 bridgehead atoms. The number of rotatable bonds is 3. The number of aliphatic hydroxyl groups is 1. The van der Waals surface area contributed by atoms with Crippen molar-refractivity contribution in [2.75, 3.05) is 13.6 Å². The first kappa shape index (κ1) is 19.0. The molecule has 0 amide bonds. The molecule has 2 aromatic rings. The van der Waals surface area contributed by atoms with Gasteiger partial charge in [0.15, 0.2) is 23.3 Å². The zero-order valence-corrected chi connectivity index (χ0v) is 14.3. The van der Waals surface area contributed by atoms with Gasteiger partial charge in [-0.05, 0) is 43.6 Å². The normalized spacial score (nSPS) is 19.2. The van der Waals surface area contributed by atoms with Crippen LogP contribution < -0.4 is 0 Å². The van der Waals surface area contributed by atoms with Crippen molar-refractivity contribution in [1.29, 1.82) is 0 Å². The van der Waals surface area contributed by atoms with Gasteiger partial charge in [-0.25, -0.2) is 26.9 Å². The molecule has 3 nitrogen and oxygen atoms in total. The van der Waals surface area contributed by atoms with Crippen molar-refractivity contribution in [2.24, 2.45) is 0 Å². The molecule has 1 N–H and O–H groups in total. The Bertz CT molecular complexity index is 835. The summed E-state index contributed by atoms with van der Waals surface area (Å²) >= 11 is 5.83. The lowest BCUT2D eigenvalue weighted by atomic mass is 9.93. The Kier molecular flexibility index (Phi) is 5.18. The molecule has 26 heavy (non-hydrogen) atoms. The largest absolute Gasteiger partial charge is 0.383 e. The Labute approximate surface area is 151 Å². The fraction of sp³-hybridized carbons (Fsp3) is 0.353. The summed E-state index contributed by atoms with van der Waals surface area (Å²) in [5, 5.41) is 10.4. The molecule has 0 saturated carbocycles. The predicted octanol–water partition coefficient (Wildman–Crippen LogP) is 4.28. The summed E-state index contributed by atoms with van der Waals surface area (Å²) in [5.74, 6) is -10.7. The summed E-state index contributed by atoms with van der Waals surface area (Å²) in [5.41, 5.74) is -0.941. The molecule has 140 valence electrons. The minimum absolute atomic E-state index is 0.0491. The Morgan fingerprint density at radius 1 is 1.12 bits per heavy atom. The molecule has 2 heterocycles. The van der Waals surface area contributed by atoms with E-state index in [0.717, 1.165) is 13.0 Å². The highest BCUT2D eigenvalue weighted by Gasteiger charge is 2.33. The molecule has 1 aromatic carbocycles. The summed E-state index contributed by atoms with van der Waals surface area (Å²) in [7, 11) is 1.82. The molecule has 1 saturated heterocycles. The van der Waals surface area contributed by atoms with Gasteiger partial charge in [-0.15, -0.1) is 0 Å². The van der Waals surface area contributed by atoms with Crippen molar-refractivity contribution < 1.29 is 27.1 Å². The molecule has 1 aromatic heterocycles. The van der Waals surface area contributed by atoms with Crippen molar-refractivity contribution in [1.82, 2.24) is 9.88 Å². The summed E-state index contributed by atoms with van der Waals surface area (Å²) in [6.07, 6.45) is 0.793. The minimum Gasteiger partial charge on any atom is -0.383 e. The third-order valence-corrected chi connectivity index (χ3v) is 4.83. The molecular weight excluding hydrogens is 379 g/mol. The number of benzene rings is 1. The molecule has 0 radical (unpaired) electrons. The average Bonchev–Trinajstić information content (AvgIpc) is 3.04. The number of nitrogens with zero attached hydrogens (tertiary/aromatic N) is 2. The van der Waals surface area contributed by atoms with E-state index in [2.05, 4.69) is 4.98 Å². The van der Waals surface area contributed by atoms with Crippen LogP contribution in [-0.4, -0.2) is 28.6 Å². The van der Waals surface area contributed by atoms with Gasteiger partial charge in [0.1, 0.15) is 11.3 Å². The van der Waals surface area contributed by atoms with Gasteiger partial charge in [0.2, 0.25) is 5.82 Å². The van der Waals surface area contributed by atoms with Crippen molar-refractivity contribution in [3.63, 3.8) is 0 Å². The van der Waals surface area contributed by atoms with E-state index in [0.29, 0.717) is 12.0 Å². The summed E-state index contributed by atoms with van der Waals surface area (Å²) in [6.45, 7) is 0.755. The molecule has 3 rings (SSSR count). The highest BCUT2D eigenvalue weighted by Crippen LogP contribution is 2.39. The third kappa shape index (κ3) is 3.06. The molecule has 0 aliphatic carbocycles. The number of hydrogen-bond donors (Lipinski definition) is 1. The fourth-order valence-electron chi connectivity index (χ4n) is 3.29. The van der Waals surface area contributed by atoms with Gasteiger partial charge in [0, 0.05) is 12.2 Å². The fourth-order valence-corrected chi connectivity index (χ4v) is 3.46. The van der Waals surface area contributed by atoms with Crippen LogP contribution in [0.5, 0.6) is 0 Å². The number of halogens is 6. The molecule has 1 aliphatic heterocycles. The van der Waals surface area contributed by atoms with Crippen LogP contribution in [0.2, 0.25) is 5.15 Å². The molecule has 1 fully saturated rings. The maximum atomic E-state index is 14.1. The zero-order valence-electron chi connectivity index (χ0n) is 13.5. The average molecular weight is 393 g/mol. The first-order valence-corrected chi connectivity index (χ1v) is 8.16. The molecular formula is C17H14ClF5N2O. The lowest BCUT2D eigenvalue weighted by molar-refractivity contribution is 0.198. The van der Waals surface area contributed by atoms with Crippen molar-refractivity contribution in [3.05, 3.63) is 63.2 Å². The van der Waals surface area contributed by atoms with Crippen LogP contribution in [0, 0.1) is 29.1 Å². The van der Waals surface area contributed by atoms with Crippen LogP contribution in [0.15, 0.2) is 12.3 Å². The van der Waals surface area contributed by atoms with Gasteiger partial charge in [0.05, 0.1) is 5.56 Å². The highest BCUT2D eigenvalue weighted by atomic mass is 35.5. The quantitative estimate of drug-likeness (QED) is 0.366. The van der Waals surface area contributed by atoms with Gasteiger partial charge >= 0.3 is 0 Å². The Hall–Kier alpha value is -1.77. The molecule has 1 aliphatic rings. The zero-order chi connectivity index (χ0) is 19.2. The van der Waals surface area contributed by atoms with Crippen LogP contribution in [0.3, 0.4) is 0 Å². The smallest absolute Gasteiger partial charge is 0.200 e. The molecule has 0 spiro atoms. The van der Waals surface area contributed by atoms with E-state index in [1.807, 2.05) is 11.9 Å². The van der Waals surface area contributed by atoms with Gasteiger partial charge in [-0.2, -0.15) is 0 Å². The minimum atomic E-state index is -2.28. The van der Waals surface area contributed by atoms with E-state index >= 15 is 0 Å². The van der Waals surface area contributed by atoms with Crippen LogP contribution >= 0.6 is 11.6 Å². The second-order valence-corrected chi connectivity index (χ2v) is 6.55. The molecule has 2 atom stereocenters. The first-order valence-electron chi connectivity index (χ1n) is 7.79. The van der Waals surface area contributed by atoms with Crippen LogP contribution in [0.1, 0.15) is 41.7 Å². The van der Waals surface area contributed by atoms with E-state index in [1.165, 1.54) is 12.3 Å². The number of pyridine rings is 1. The Morgan fingerprint density at radius 3 is 2.23 bits per heavy atom. The summed E-state index contributed by atoms with van der Waals surface area (Å²) in [4.78, 5) is 5.87. The number of likely N-dealkylation sites (tertiary alicyclic amines) is 1. The molecule has 9 heteroatoms. The standard InChI is InChI=1S/C17H14ClF5N2O/c1-25-4-2-3-9(25)8-6-24-10(18)5-7(8)17(26)11-12(19)14(21)16(23)15(22)13(11)20/h5-6,9,17,26H,2-4H2,1H3/t9-,17-/m0/s1. The number of aliphatic hydroxyl groups excluding tert-OH is 1. The van der Waals surface area contributed by atoms with E-state index in [4.69, 9.17) is 11.6 Å². The van der Waals surface area contributed by atoms with Crippen LogP contribution in [-0.2, 0) is 0 Å². The van der Waals surface area contributed by atoms with Gasteiger partial charge < -0.3 is 5.11 Å². The summed E-state index contributed by atoms with van der Waals surface area (Å²) < 4.78 is 68.4. The Morgan fingerprint density at radius 2 is 1.69 bits per heavy atom. The summed E-state index contributed by atoms with van der Waals surface area (Å²) in [6, 6.07) is 0.955. The highest BCUT2D eigenvalue weighted by molar-refractivity contribution is 6.29. The maximum absolute atomic E-state index is 14.1. The van der Waals surface area contributed by atoms with Crippen LogP contribution in [0.4, 0.5) is 22.0 Å². The van der Waals surface area contributed by atoms with E-state index in [9.17, 15) is 27.1 Å². The topological polar surface area (TPSA) is 36.4 Å². The van der Waals surface area contributed by atoms with Crippen molar-refractivity contribution in [3.8, 4) is 0 Å². The second-order valence-electron chi connectivity index (χ2n) is 6.16. The lowest BCUT2D eigenvalue weighted by Crippen LogP contribution is -2.21. The third-order valence-electron chi connectivity index (χ3n) is 4.63. The van der Waals surface area contributed by atoms with Gasteiger partial charge in [-0.1, -0.05) is 11.6 Å². The first-order chi connectivity index (χ1) is 12.2. The van der Waals surface area contributed by atoms with Crippen molar-refractivity contribution in [2.45, 2.75) is 25.0 Å². The second kappa shape index (κ2) is 7.09. The van der Waals surface area contributed by atoms with E-state index in [-0.39, 0.29) is 16.8 Å². The van der Waals surface area contributed by atoms with E-state index in [1.54, 1.807) is 0 Å². The Balaban J connectivity index is 2.18. The predicted molar refractivity (Wildman–Crippen MR) is 84.1 cm³/mol.